The van der Waals surface area contributed by atoms with Crippen molar-refractivity contribution in [1.82, 2.24) is 9.62 Å². The molecule has 6 heteroatoms. The van der Waals surface area contributed by atoms with E-state index in [9.17, 15) is 8.42 Å². The van der Waals surface area contributed by atoms with Crippen LogP contribution in [0.1, 0.15) is 12.8 Å². The molecule has 0 saturated carbocycles. The number of nitrogens with zero attached hydrogens (tertiary/aromatic N) is 1. The second-order valence-electron chi connectivity index (χ2n) is 3.82. The van der Waals surface area contributed by atoms with E-state index in [0.717, 1.165) is 12.8 Å². The number of nitrogens with one attached hydrogen (secondary N) is 1. The lowest BCUT2D eigenvalue weighted by molar-refractivity contribution is 0.200. The molecule has 16 heavy (non-hydrogen) atoms. The highest BCUT2D eigenvalue weighted by Gasteiger charge is 2.22. The molecule has 0 bridgehead atoms. The summed E-state index contributed by atoms with van der Waals surface area (Å²) in [6.07, 6.45) is 3.88. The summed E-state index contributed by atoms with van der Waals surface area (Å²) in [6.45, 7) is 3.07. The second kappa shape index (κ2) is 7.21. The summed E-state index contributed by atoms with van der Waals surface area (Å²) < 4.78 is 30.2. The molecule has 0 aliphatic carbocycles. The third-order valence-corrected chi connectivity index (χ3v) is 4.45. The van der Waals surface area contributed by atoms with Crippen LogP contribution >= 0.6 is 0 Å². The Bertz CT molecular complexity index is 274. The molecule has 5 nitrogen and oxygen atoms in total. The van der Waals surface area contributed by atoms with Gasteiger partial charge in [-0.1, -0.05) is 0 Å². The zero-order chi connectivity index (χ0) is 11.9. The lowest BCUT2D eigenvalue weighted by Gasteiger charge is -2.25. The first-order chi connectivity index (χ1) is 7.67. The summed E-state index contributed by atoms with van der Waals surface area (Å²) >= 11 is 0. The lowest BCUT2D eigenvalue weighted by atomic mass is 10.2. The van der Waals surface area contributed by atoms with E-state index >= 15 is 0 Å². The van der Waals surface area contributed by atoms with Gasteiger partial charge in [0.1, 0.15) is 0 Å². The van der Waals surface area contributed by atoms with Crippen LogP contribution in [-0.2, 0) is 14.8 Å². The first-order valence-corrected chi connectivity index (χ1v) is 7.27. The molecule has 1 N–H and O–H groups in total. The Labute approximate surface area is 98.2 Å². The fourth-order valence-corrected chi connectivity index (χ4v) is 3.06. The number of methoxy groups -OCH3 is 1. The third-order valence-electron chi connectivity index (χ3n) is 2.58. The predicted molar refractivity (Wildman–Crippen MR) is 63.6 cm³/mol. The van der Waals surface area contributed by atoms with Crippen LogP contribution in [0, 0.1) is 6.42 Å². The molecule has 0 aromatic rings. The third kappa shape index (κ3) is 4.78. The minimum absolute atomic E-state index is 0.177. The molecule has 0 aromatic heterocycles. The van der Waals surface area contributed by atoms with E-state index in [1.54, 1.807) is 11.4 Å². The molecular weight excluding hydrogens is 228 g/mol. The fraction of sp³-hybridized carbons (Fsp3) is 0.900. The SMILES string of the molecule is COCCNCCS(=O)(=O)N1CC[CH]CC1. The van der Waals surface area contributed by atoms with Crippen molar-refractivity contribution in [2.45, 2.75) is 12.8 Å². The lowest BCUT2D eigenvalue weighted by Crippen LogP contribution is -2.40. The molecule has 1 aliphatic heterocycles. The van der Waals surface area contributed by atoms with Crippen LogP contribution in [0.2, 0.25) is 0 Å². The minimum Gasteiger partial charge on any atom is -0.383 e. The Morgan fingerprint density at radius 3 is 2.62 bits per heavy atom. The second-order valence-corrected chi connectivity index (χ2v) is 5.91. The van der Waals surface area contributed by atoms with Gasteiger partial charge < -0.3 is 10.1 Å². The molecule has 0 amide bonds. The van der Waals surface area contributed by atoms with Crippen LogP contribution in [0.3, 0.4) is 0 Å². The van der Waals surface area contributed by atoms with Crippen LogP contribution in [0.25, 0.3) is 0 Å². The van der Waals surface area contributed by atoms with Gasteiger partial charge in [0, 0.05) is 33.3 Å². The summed E-state index contributed by atoms with van der Waals surface area (Å²) in [7, 11) is -1.43. The van der Waals surface area contributed by atoms with Gasteiger partial charge in [-0.2, -0.15) is 0 Å². The quantitative estimate of drug-likeness (QED) is 0.638. The predicted octanol–water partition coefficient (Wildman–Crippen LogP) is -0.148. The van der Waals surface area contributed by atoms with Gasteiger partial charge in [0.15, 0.2) is 0 Å². The highest BCUT2D eigenvalue weighted by Crippen LogP contribution is 2.12. The highest BCUT2D eigenvalue weighted by atomic mass is 32.2. The molecule has 1 radical (unpaired) electrons. The number of hydrogen-bond acceptors (Lipinski definition) is 4. The van der Waals surface area contributed by atoms with Crippen molar-refractivity contribution < 1.29 is 13.2 Å². The summed E-state index contributed by atoms with van der Waals surface area (Å²) in [6, 6.07) is 0. The maximum absolute atomic E-state index is 11.9. The van der Waals surface area contributed by atoms with Gasteiger partial charge in [0.05, 0.1) is 12.4 Å². The Hall–Kier alpha value is -0.170. The summed E-state index contributed by atoms with van der Waals surface area (Å²) in [4.78, 5) is 0. The van der Waals surface area contributed by atoms with Crippen LogP contribution in [0.15, 0.2) is 0 Å². The average molecular weight is 249 g/mol. The topological polar surface area (TPSA) is 58.6 Å². The maximum Gasteiger partial charge on any atom is 0.215 e. The van der Waals surface area contributed by atoms with Crippen molar-refractivity contribution in [3.63, 3.8) is 0 Å². The molecule has 1 heterocycles. The number of rotatable bonds is 7. The van der Waals surface area contributed by atoms with E-state index in [0.29, 0.717) is 32.8 Å². The van der Waals surface area contributed by atoms with Crippen molar-refractivity contribution in [3.8, 4) is 0 Å². The first-order valence-electron chi connectivity index (χ1n) is 5.66. The number of sulfonamides is 1. The van der Waals surface area contributed by atoms with E-state index < -0.39 is 10.0 Å². The number of ether oxygens (including phenoxy) is 1. The first kappa shape index (κ1) is 13.9. The standard InChI is InChI=1S/C10H21N2O3S/c1-15-9-5-11-6-10-16(13,14)12-7-3-2-4-8-12/h2,11H,3-10H2,1H3. The Kier molecular flexibility index (Phi) is 6.26. The zero-order valence-electron chi connectivity index (χ0n) is 9.81. The minimum atomic E-state index is -3.06. The van der Waals surface area contributed by atoms with Gasteiger partial charge in [0.25, 0.3) is 0 Å². The normalized spacial score (nSPS) is 18.8. The molecule has 1 rings (SSSR count). The number of hydrogen-bond donors (Lipinski definition) is 1. The molecule has 0 atom stereocenters. The molecule has 1 fully saturated rings. The highest BCUT2D eigenvalue weighted by molar-refractivity contribution is 7.89. The molecule has 0 spiro atoms. The van der Waals surface area contributed by atoms with Gasteiger partial charge in [-0.05, 0) is 19.3 Å². The molecular formula is C10H21N2O3S. The van der Waals surface area contributed by atoms with Crippen molar-refractivity contribution >= 4 is 10.0 Å². The van der Waals surface area contributed by atoms with Crippen molar-refractivity contribution in [3.05, 3.63) is 6.42 Å². The fourth-order valence-electron chi connectivity index (χ4n) is 1.63. The monoisotopic (exact) mass is 249 g/mol. The van der Waals surface area contributed by atoms with Gasteiger partial charge in [-0.25, -0.2) is 12.7 Å². The van der Waals surface area contributed by atoms with Crippen molar-refractivity contribution in [2.75, 3.05) is 45.6 Å². The van der Waals surface area contributed by atoms with Gasteiger partial charge in [-0.15, -0.1) is 0 Å². The average Bonchev–Trinajstić information content (AvgIpc) is 2.30. The smallest absolute Gasteiger partial charge is 0.215 e. The Morgan fingerprint density at radius 2 is 2.00 bits per heavy atom. The molecule has 0 unspecified atom stereocenters. The van der Waals surface area contributed by atoms with Crippen LogP contribution in [0.4, 0.5) is 0 Å². The van der Waals surface area contributed by atoms with Crippen molar-refractivity contribution in [2.24, 2.45) is 0 Å². The van der Waals surface area contributed by atoms with Crippen molar-refractivity contribution in [1.29, 1.82) is 0 Å². The van der Waals surface area contributed by atoms with Crippen LogP contribution in [0.5, 0.6) is 0 Å². The summed E-state index contributed by atoms with van der Waals surface area (Å²) in [5.41, 5.74) is 0. The van der Waals surface area contributed by atoms with E-state index in [1.165, 1.54) is 0 Å². The molecule has 0 aromatic carbocycles. The van der Waals surface area contributed by atoms with E-state index in [1.807, 2.05) is 0 Å². The van der Waals surface area contributed by atoms with Gasteiger partial charge >= 0.3 is 0 Å². The zero-order valence-corrected chi connectivity index (χ0v) is 10.6. The Morgan fingerprint density at radius 1 is 1.31 bits per heavy atom. The van der Waals surface area contributed by atoms with E-state index in [4.69, 9.17) is 4.74 Å². The van der Waals surface area contributed by atoms with Crippen LogP contribution in [-0.4, -0.2) is 58.4 Å². The van der Waals surface area contributed by atoms with E-state index in [2.05, 4.69) is 11.7 Å². The summed E-state index contributed by atoms with van der Waals surface area (Å²) in [5, 5.41) is 3.04. The van der Waals surface area contributed by atoms with E-state index in [-0.39, 0.29) is 5.75 Å². The summed E-state index contributed by atoms with van der Waals surface area (Å²) in [5.74, 6) is 0.177. The Balaban J connectivity index is 2.22. The maximum atomic E-state index is 11.9. The molecule has 1 saturated heterocycles. The largest absolute Gasteiger partial charge is 0.383 e. The van der Waals surface area contributed by atoms with Crippen LogP contribution < -0.4 is 5.32 Å². The molecule has 1 aliphatic rings. The van der Waals surface area contributed by atoms with Gasteiger partial charge in [0.2, 0.25) is 10.0 Å². The van der Waals surface area contributed by atoms with Gasteiger partial charge in [-0.3, -0.25) is 0 Å². The number of piperidine rings is 1. The molecule has 95 valence electrons.